The van der Waals surface area contributed by atoms with Gasteiger partial charge in [0.05, 0.1) is 16.4 Å². The zero-order valence-corrected chi connectivity index (χ0v) is 30.1. The second-order valence-electron chi connectivity index (χ2n) is 15.0. The van der Waals surface area contributed by atoms with Gasteiger partial charge in [-0.25, -0.2) is 0 Å². The van der Waals surface area contributed by atoms with Crippen LogP contribution in [0, 0.1) is 5.92 Å². The van der Waals surface area contributed by atoms with E-state index in [1.807, 2.05) is 0 Å². The lowest BCUT2D eigenvalue weighted by Crippen LogP contribution is -2.69. The number of nitrogens with zero attached hydrogens (tertiary/aromatic N) is 2. The van der Waals surface area contributed by atoms with Crippen LogP contribution in [-0.4, -0.2) is 0 Å². The monoisotopic (exact) mass is 632 g/mol. The average molecular weight is 633 g/mol. The quantitative estimate of drug-likeness (QED) is 0.111. The molecule has 0 N–H and O–H groups in total. The summed E-state index contributed by atoms with van der Waals surface area (Å²) in [5.41, 5.74) is 12.0. The number of pyridine rings is 3. The molecule has 3 atom stereocenters. The summed E-state index contributed by atoms with van der Waals surface area (Å²) in [6, 6.07) is 36.7. The molecule has 4 heterocycles. The van der Waals surface area contributed by atoms with Crippen LogP contribution in [0.3, 0.4) is 0 Å². The summed E-state index contributed by atoms with van der Waals surface area (Å²) in [5.74, 6) is 1.14. The highest BCUT2D eigenvalue weighted by atomic mass is 15.1. The van der Waals surface area contributed by atoms with Gasteiger partial charge in [0.25, 0.3) is 0 Å². The Hall–Kier alpha value is -4.30. The third-order valence-electron chi connectivity index (χ3n) is 12.1. The van der Waals surface area contributed by atoms with Crippen LogP contribution < -0.4 is 8.97 Å². The molecular formula is C46H52N2+2. The number of hydrogen-bond acceptors (Lipinski definition) is 0. The summed E-state index contributed by atoms with van der Waals surface area (Å²) >= 11 is 0. The molecular weight excluding hydrogens is 581 g/mol. The van der Waals surface area contributed by atoms with E-state index in [-0.39, 0.29) is 11.0 Å². The Balaban J connectivity index is 1.49. The first-order valence-corrected chi connectivity index (χ1v) is 18.3. The van der Waals surface area contributed by atoms with Crippen molar-refractivity contribution in [3.05, 3.63) is 138 Å². The van der Waals surface area contributed by atoms with E-state index in [0.29, 0.717) is 11.8 Å². The lowest BCUT2D eigenvalue weighted by molar-refractivity contribution is -0.766. The molecule has 0 fully saturated rings. The number of aromatic nitrogens is 2. The topological polar surface area (TPSA) is 7.98 Å². The number of rotatable bonds is 9. The fourth-order valence-corrected chi connectivity index (χ4v) is 8.74. The van der Waals surface area contributed by atoms with Gasteiger partial charge in [0.1, 0.15) is 0 Å². The highest BCUT2D eigenvalue weighted by molar-refractivity contribution is 5.96. The molecule has 6 aromatic rings. The molecule has 3 aromatic carbocycles. The number of benzene rings is 3. The van der Waals surface area contributed by atoms with Crippen molar-refractivity contribution in [3.63, 3.8) is 0 Å². The third kappa shape index (κ3) is 5.16. The zero-order valence-electron chi connectivity index (χ0n) is 30.1. The minimum absolute atomic E-state index is 0.118. The molecule has 2 heteroatoms. The largest absolute Gasteiger partial charge is 0.218 e. The maximum Gasteiger partial charge on any atom is 0.218 e. The molecule has 0 saturated carbocycles. The first-order valence-electron chi connectivity index (χ1n) is 18.3. The Morgan fingerprint density at radius 1 is 0.688 bits per heavy atom. The van der Waals surface area contributed by atoms with E-state index in [1.54, 1.807) is 0 Å². The molecule has 0 spiro atoms. The molecule has 244 valence electrons. The summed E-state index contributed by atoms with van der Waals surface area (Å²) in [6.45, 7) is 16.7. The molecule has 2 nitrogen and oxygen atoms in total. The van der Waals surface area contributed by atoms with Crippen molar-refractivity contribution in [2.24, 2.45) is 5.92 Å². The van der Waals surface area contributed by atoms with Gasteiger partial charge < -0.3 is 0 Å². The molecule has 1 aliphatic rings. The third-order valence-corrected chi connectivity index (χ3v) is 12.1. The van der Waals surface area contributed by atoms with Gasteiger partial charge in [-0.15, -0.1) is 0 Å². The molecule has 7 rings (SSSR count). The summed E-state index contributed by atoms with van der Waals surface area (Å²) in [6.07, 6.45) is 12.6. The van der Waals surface area contributed by atoms with E-state index in [1.165, 1.54) is 67.3 Å². The minimum atomic E-state index is -0.125. The van der Waals surface area contributed by atoms with Gasteiger partial charge in [-0.05, 0) is 77.4 Å². The smallest absolute Gasteiger partial charge is 0.192 e. The van der Waals surface area contributed by atoms with E-state index >= 15 is 0 Å². The first kappa shape index (κ1) is 32.3. The molecule has 3 aromatic heterocycles. The van der Waals surface area contributed by atoms with E-state index in [0.717, 1.165) is 25.7 Å². The first-order chi connectivity index (χ1) is 23.2. The van der Waals surface area contributed by atoms with Crippen LogP contribution in [0.4, 0.5) is 0 Å². The summed E-state index contributed by atoms with van der Waals surface area (Å²) < 4.78 is 5.09. The van der Waals surface area contributed by atoms with Crippen molar-refractivity contribution in [3.8, 4) is 22.4 Å². The zero-order chi connectivity index (χ0) is 33.6. The second-order valence-corrected chi connectivity index (χ2v) is 15.0. The molecule has 0 aliphatic carbocycles. The lowest BCUT2D eigenvalue weighted by Gasteiger charge is -2.48. The second kappa shape index (κ2) is 12.6. The molecule has 1 aliphatic heterocycles. The normalized spacial score (nSPS) is 19.4. The highest BCUT2D eigenvalue weighted by Gasteiger charge is 2.59. The maximum atomic E-state index is 2.70. The van der Waals surface area contributed by atoms with Crippen molar-refractivity contribution in [1.82, 2.24) is 0 Å². The van der Waals surface area contributed by atoms with Gasteiger partial charge >= 0.3 is 0 Å². The Labute approximate surface area is 288 Å². The van der Waals surface area contributed by atoms with Gasteiger partial charge in [-0.2, -0.15) is 8.97 Å². The van der Waals surface area contributed by atoms with Crippen LogP contribution in [0.1, 0.15) is 95.9 Å². The molecule has 48 heavy (non-hydrogen) atoms. The van der Waals surface area contributed by atoms with E-state index in [9.17, 15) is 0 Å². The van der Waals surface area contributed by atoms with Crippen molar-refractivity contribution in [2.45, 2.75) is 97.4 Å². The number of hydrogen-bond donors (Lipinski definition) is 0. The fourth-order valence-electron chi connectivity index (χ4n) is 8.74. The van der Waals surface area contributed by atoms with Crippen LogP contribution in [-0.2, 0) is 23.8 Å². The Morgan fingerprint density at radius 3 is 2.15 bits per heavy atom. The van der Waals surface area contributed by atoms with Gasteiger partial charge in [0.15, 0.2) is 24.1 Å². The van der Waals surface area contributed by atoms with Crippen LogP contribution in [0.5, 0.6) is 0 Å². The highest BCUT2D eigenvalue weighted by Crippen LogP contribution is 2.52. The minimum Gasteiger partial charge on any atom is -0.192 e. The molecule has 0 saturated heterocycles. The van der Waals surface area contributed by atoms with Gasteiger partial charge in [-0.1, -0.05) is 109 Å². The van der Waals surface area contributed by atoms with Gasteiger partial charge in [0, 0.05) is 42.2 Å². The summed E-state index contributed by atoms with van der Waals surface area (Å²) in [7, 11) is 0. The Morgan fingerprint density at radius 2 is 1.44 bits per heavy atom. The number of fused-ring (bicyclic) bond motifs is 6. The van der Waals surface area contributed by atoms with E-state index in [2.05, 4.69) is 173 Å². The van der Waals surface area contributed by atoms with Crippen LogP contribution in [0.15, 0.2) is 116 Å². The Bertz CT molecular complexity index is 2110. The standard InChI is InChI=1S/C46H52N2/c1-8-33(6)26-34-20-23-42-41(27-34)44-25-21-36(32(4)5)31-48(44)45(7,9-2)46(42,10-3)28-38-30-47-29-37(35-16-12-11-13-17-35)22-24-43(47)40-19-15-14-18-39(38)40/h11-25,27,29-33H,8-10,26,28H2,1-7H3/q+2. The molecule has 0 bridgehead atoms. The van der Waals surface area contributed by atoms with Crippen LogP contribution in [0.2, 0.25) is 0 Å². The lowest BCUT2D eigenvalue weighted by atomic mass is 9.57. The van der Waals surface area contributed by atoms with Crippen molar-refractivity contribution >= 4 is 16.3 Å². The predicted octanol–water partition coefficient (Wildman–Crippen LogP) is 10.9. The van der Waals surface area contributed by atoms with Crippen molar-refractivity contribution < 1.29 is 8.97 Å². The van der Waals surface area contributed by atoms with Crippen molar-refractivity contribution in [1.29, 1.82) is 0 Å². The molecule has 0 amide bonds. The predicted molar refractivity (Wildman–Crippen MR) is 201 cm³/mol. The van der Waals surface area contributed by atoms with Crippen LogP contribution in [0.25, 0.3) is 38.7 Å². The summed E-state index contributed by atoms with van der Waals surface area (Å²) in [4.78, 5) is 0. The van der Waals surface area contributed by atoms with Crippen molar-refractivity contribution in [2.75, 3.05) is 0 Å². The maximum absolute atomic E-state index is 2.70. The fraction of sp³-hybridized carbons (Fsp3) is 0.348. The van der Waals surface area contributed by atoms with E-state index in [4.69, 9.17) is 0 Å². The van der Waals surface area contributed by atoms with Gasteiger partial charge in [0.2, 0.25) is 11.2 Å². The Kier molecular flexibility index (Phi) is 8.48. The molecule has 3 unspecified atom stereocenters. The summed E-state index contributed by atoms with van der Waals surface area (Å²) in [5, 5.41) is 2.67. The van der Waals surface area contributed by atoms with Gasteiger partial charge in [-0.3, -0.25) is 0 Å². The average Bonchev–Trinajstić information content (AvgIpc) is 3.13. The van der Waals surface area contributed by atoms with Crippen LogP contribution >= 0.6 is 0 Å². The SMILES string of the molecule is CCC(C)Cc1ccc2c(c1)-c1ccc(C(C)C)c[n+]1C(C)(CC)C2(CC)Cc1c[n+]2cc(-c3ccccc3)ccc2c2ccccc12. The van der Waals surface area contributed by atoms with E-state index < -0.39 is 0 Å². The molecule has 0 radical (unpaired) electrons.